The van der Waals surface area contributed by atoms with Gasteiger partial charge in [-0.05, 0) is 20.3 Å². The summed E-state index contributed by atoms with van der Waals surface area (Å²) in [5, 5.41) is 10.6. The lowest BCUT2D eigenvalue weighted by Gasteiger charge is -2.59. The van der Waals surface area contributed by atoms with E-state index in [2.05, 4.69) is 48.5 Å². The van der Waals surface area contributed by atoms with Gasteiger partial charge < -0.3 is 19.9 Å². The molecule has 0 bridgehead atoms. The van der Waals surface area contributed by atoms with E-state index in [1.165, 1.54) is 0 Å². The molecule has 2 unspecified atom stereocenters. The summed E-state index contributed by atoms with van der Waals surface area (Å²) in [5.41, 5.74) is 0.779. The maximum atomic E-state index is 5.66. The molecule has 0 amide bonds. The highest BCUT2D eigenvalue weighted by atomic mass is 127. The Morgan fingerprint density at radius 3 is 2.73 bits per heavy atom. The number of methoxy groups -OCH3 is 1. The van der Waals surface area contributed by atoms with Gasteiger partial charge in [0.05, 0.1) is 12.1 Å². The summed E-state index contributed by atoms with van der Waals surface area (Å²) in [6, 6.07) is 2.15. The number of nitrogens with zero attached hydrogens (tertiary/aromatic N) is 2. The summed E-state index contributed by atoms with van der Waals surface area (Å²) in [6.45, 7) is 9.97. The molecule has 1 aliphatic rings. The summed E-state index contributed by atoms with van der Waals surface area (Å²) in [7, 11) is 1.78. The van der Waals surface area contributed by atoms with Gasteiger partial charge in [0, 0.05) is 31.2 Å². The van der Waals surface area contributed by atoms with E-state index in [4.69, 9.17) is 9.26 Å². The van der Waals surface area contributed by atoms with Gasteiger partial charge in [0.1, 0.15) is 12.0 Å². The first-order valence-electron chi connectivity index (χ1n) is 7.42. The minimum absolute atomic E-state index is 0. The van der Waals surface area contributed by atoms with Crippen molar-refractivity contribution >= 4 is 29.9 Å². The maximum Gasteiger partial charge on any atom is 0.191 e. The van der Waals surface area contributed by atoms with Crippen LogP contribution in [-0.2, 0) is 11.3 Å². The Bertz CT molecular complexity index is 490. The molecule has 6 nitrogen and oxygen atoms in total. The van der Waals surface area contributed by atoms with Gasteiger partial charge in [0.15, 0.2) is 5.96 Å². The first kappa shape index (κ1) is 19.2. The predicted molar refractivity (Wildman–Crippen MR) is 97.5 cm³/mol. The van der Waals surface area contributed by atoms with Crippen LogP contribution in [-0.4, -0.2) is 36.4 Å². The molecular weight excluding hydrogens is 395 g/mol. The molecule has 0 spiro atoms. The Labute approximate surface area is 149 Å². The molecule has 7 heteroatoms. The zero-order valence-electron chi connectivity index (χ0n) is 14.0. The molecule has 0 radical (unpaired) electrons. The zero-order chi connectivity index (χ0) is 15.5. The highest BCUT2D eigenvalue weighted by Crippen LogP contribution is 2.51. The number of aromatic nitrogens is 1. The average molecular weight is 422 g/mol. The highest BCUT2D eigenvalue weighted by molar-refractivity contribution is 14.0. The predicted octanol–water partition coefficient (Wildman–Crippen LogP) is 2.55. The molecule has 0 aliphatic heterocycles. The average Bonchev–Trinajstić information content (AvgIpc) is 2.97. The van der Waals surface area contributed by atoms with Crippen LogP contribution in [0.3, 0.4) is 0 Å². The topological polar surface area (TPSA) is 71.7 Å². The third-order valence-corrected chi connectivity index (χ3v) is 4.82. The summed E-state index contributed by atoms with van der Waals surface area (Å²) < 4.78 is 10.5. The monoisotopic (exact) mass is 422 g/mol. The van der Waals surface area contributed by atoms with Gasteiger partial charge in [0.25, 0.3) is 0 Å². The Balaban J connectivity index is 0.00000242. The van der Waals surface area contributed by atoms with Crippen LogP contribution in [0.15, 0.2) is 21.8 Å². The van der Waals surface area contributed by atoms with Crippen LogP contribution in [0.5, 0.6) is 0 Å². The number of aliphatic imine (C=N–C) groups is 1. The van der Waals surface area contributed by atoms with Gasteiger partial charge >= 0.3 is 0 Å². The SMILES string of the molecule is CCNC(=NCc1ccon1)NC1CC(C)(OC)C1(C)C.I. The van der Waals surface area contributed by atoms with Crippen molar-refractivity contribution in [1.29, 1.82) is 0 Å². The number of rotatable bonds is 5. The van der Waals surface area contributed by atoms with E-state index >= 15 is 0 Å². The van der Waals surface area contributed by atoms with Crippen LogP contribution in [0.25, 0.3) is 0 Å². The van der Waals surface area contributed by atoms with E-state index in [1.54, 1.807) is 13.4 Å². The highest BCUT2D eigenvalue weighted by Gasteiger charge is 2.58. The molecule has 1 fully saturated rings. The number of halogens is 1. The number of hydrogen-bond acceptors (Lipinski definition) is 4. The molecule has 2 atom stereocenters. The van der Waals surface area contributed by atoms with Gasteiger partial charge in [-0.1, -0.05) is 19.0 Å². The number of nitrogens with one attached hydrogen (secondary N) is 2. The minimum atomic E-state index is -0.0892. The van der Waals surface area contributed by atoms with Gasteiger partial charge in [-0.3, -0.25) is 0 Å². The zero-order valence-corrected chi connectivity index (χ0v) is 16.3. The van der Waals surface area contributed by atoms with Crippen LogP contribution in [0.2, 0.25) is 0 Å². The Morgan fingerprint density at radius 1 is 1.50 bits per heavy atom. The molecule has 126 valence electrons. The van der Waals surface area contributed by atoms with Crippen LogP contribution >= 0.6 is 24.0 Å². The van der Waals surface area contributed by atoms with Crippen molar-refractivity contribution in [2.75, 3.05) is 13.7 Å². The van der Waals surface area contributed by atoms with E-state index in [9.17, 15) is 0 Å². The molecule has 1 aliphatic carbocycles. The molecule has 22 heavy (non-hydrogen) atoms. The third kappa shape index (κ3) is 3.73. The van der Waals surface area contributed by atoms with Crippen molar-refractivity contribution in [3.8, 4) is 0 Å². The second-order valence-corrected chi connectivity index (χ2v) is 6.24. The van der Waals surface area contributed by atoms with E-state index < -0.39 is 0 Å². The maximum absolute atomic E-state index is 5.66. The van der Waals surface area contributed by atoms with E-state index in [1.807, 2.05) is 6.07 Å². The largest absolute Gasteiger partial charge is 0.378 e. The Hall–Kier alpha value is -0.830. The number of guanidine groups is 1. The fourth-order valence-electron chi connectivity index (χ4n) is 2.69. The first-order chi connectivity index (χ1) is 9.93. The molecule has 2 rings (SSSR count). The van der Waals surface area contributed by atoms with Crippen LogP contribution < -0.4 is 10.6 Å². The van der Waals surface area contributed by atoms with Crippen LogP contribution in [0.1, 0.15) is 39.8 Å². The minimum Gasteiger partial charge on any atom is -0.378 e. The van der Waals surface area contributed by atoms with E-state index in [0.717, 1.165) is 24.6 Å². The fourth-order valence-corrected chi connectivity index (χ4v) is 2.69. The van der Waals surface area contributed by atoms with Gasteiger partial charge in [-0.25, -0.2) is 4.99 Å². The number of hydrogen-bond donors (Lipinski definition) is 2. The molecule has 0 saturated heterocycles. The van der Waals surface area contributed by atoms with Gasteiger partial charge in [0.2, 0.25) is 0 Å². The number of ether oxygens (including phenoxy) is 1. The van der Waals surface area contributed by atoms with Crippen molar-refractivity contribution in [2.24, 2.45) is 10.4 Å². The summed E-state index contributed by atoms with van der Waals surface area (Å²) in [5.74, 6) is 0.803. The standard InChI is InChI=1S/C15H26N4O2.HI/c1-6-16-13(17-10-11-7-8-21-19-11)18-12-9-15(4,20-5)14(12,2)3;/h7-8,12H,6,9-10H2,1-5H3,(H2,16,17,18);1H. The lowest BCUT2D eigenvalue weighted by atomic mass is 9.56. The second kappa shape index (κ2) is 7.63. The molecular formula is C15H27IN4O2. The van der Waals surface area contributed by atoms with Crippen molar-refractivity contribution in [1.82, 2.24) is 15.8 Å². The normalized spacial score (nSPS) is 26.8. The lowest BCUT2D eigenvalue weighted by Crippen LogP contribution is -2.69. The molecule has 1 saturated carbocycles. The van der Waals surface area contributed by atoms with E-state index in [-0.39, 0.29) is 35.0 Å². The Kier molecular flexibility index (Phi) is 6.66. The van der Waals surface area contributed by atoms with Crippen LogP contribution in [0, 0.1) is 5.41 Å². The van der Waals surface area contributed by atoms with Crippen molar-refractivity contribution < 1.29 is 9.26 Å². The van der Waals surface area contributed by atoms with Crippen molar-refractivity contribution in [3.05, 3.63) is 18.0 Å². The van der Waals surface area contributed by atoms with Gasteiger partial charge in [-0.2, -0.15) is 0 Å². The smallest absolute Gasteiger partial charge is 0.191 e. The molecule has 0 aromatic carbocycles. The second-order valence-electron chi connectivity index (χ2n) is 6.24. The summed E-state index contributed by atoms with van der Waals surface area (Å²) in [4.78, 5) is 4.55. The molecule has 2 N–H and O–H groups in total. The quantitative estimate of drug-likeness (QED) is 0.434. The fraction of sp³-hybridized carbons (Fsp3) is 0.733. The van der Waals surface area contributed by atoms with Gasteiger partial charge in [-0.15, -0.1) is 24.0 Å². The van der Waals surface area contributed by atoms with E-state index in [0.29, 0.717) is 12.6 Å². The summed E-state index contributed by atoms with van der Waals surface area (Å²) in [6.07, 6.45) is 2.52. The molecule has 1 aromatic heterocycles. The van der Waals surface area contributed by atoms with Crippen LogP contribution in [0.4, 0.5) is 0 Å². The summed E-state index contributed by atoms with van der Waals surface area (Å²) >= 11 is 0. The molecule has 1 heterocycles. The van der Waals surface area contributed by atoms with Crippen molar-refractivity contribution in [2.45, 2.75) is 52.3 Å². The third-order valence-electron chi connectivity index (χ3n) is 4.82. The van der Waals surface area contributed by atoms with Crippen molar-refractivity contribution in [3.63, 3.8) is 0 Å². The molecule has 1 aromatic rings. The Morgan fingerprint density at radius 2 is 2.23 bits per heavy atom. The lowest BCUT2D eigenvalue weighted by molar-refractivity contribution is -0.176. The first-order valence-corrected chi connectivity index (χ1v) is 7.42.